The number of fused-ring (bicyclic) bond motifs is 4. The van der Waals surface area contributed by atoms with Gasteiger partial charge in [-0.05, 0) is 49.7 Å². The largest absolute Gasteiger partial charge is 0.508 e. The van der Waals surface area contributed by atoms with Gasteiger partial charge in [-0.3, -0.25) is 9.69 Å². The highest BCUT2D eigenvalue weighted by Crippen LogP contribution is 2.40. The summed E-state index contributed by atoms with van der Waals surface area (Å²) in [4.78, 5) is 18.0. The quantitative estimate of drug-likeness (QED) is 0.532. The van der Waals surface area contributed by atoms with Gasteiger partial charge >= 0.3 is 0 Å². The molecule has 0 aliphatic carbocycles. The molecule has 2 atom stereocenters. The van der Waals surface area contributed by atoms with Gasteiger partial charge in [-0.25, -0.2) is 0 Å². The number of carbonyl (C=O) groups excluding carboxylic acids is 1. The van der Waals surface area contributed by atoms with E-state index in [0.29, 0.717) is 25.5 Å². The molecule has 0 radical (unpaired) electrons. The third-order valence-corrected chi connectivity index (χ3v) is 6.14. The summed E-state index contributed by atoms with van der Waals surface area (Å²) in [6, 6.07) is 15.1. The molecule has 2 aliphatic rings. The van der Waals surface area contributed by atoms with Gasteiger partial charge in [0.15, 0.2) is 0 Å². The molecule has 3 N–H and O–H groups in total. The Bertz CT molecular complexity index is 1050. The number of hydrogen-bond donors (Lipinski definition) is 3. The zero-order chi connectivity index (χ0) is 21.2. The first kappa shape index (κ1) is 19.9. The summed E-state index contributed by atoms with van der Waals surface area (Å²) in [5.41, 5.74) is 2.49. The molecule has 2 aliphatic heterocycles. The van der Waals surface area contributed by atoms with Crippen LogP contribution in [0.15, 0.2) is 48.5 Å². The lowest BCUT2D eigenvalue weighted by molar-refractivity contribution is -0.0960. The van der Waals surface area contributed by atoms with E-state index in [1.807, 2.05) is 30.3 Å². The van der Waals surface area contributed by atoms with Gasteiger partial charge in [-0.2, -0.15) is 0 Å². The normalized spacial score (nSPS) is 20.6. The van der Waals surface area contributed by atoms with Crippen molar-refractivity contribution in [1.29, 1.82) is 0 Å². The van der Waals surface area contributed by atoms with E-state index in [0.717, 1.165) is 48.1 Å². The fourth-order valence-corrected chi connectivity index (χ4v) is 4.53. The van der Waals surface area contributed by atoms with Gasteiger partial charge < -0.3 is 24.9 Å². The van der Waals surface area contributed by atoms with Crippen LogP contribution >= 0.6 is 0 Å². The number of phenolic OH excluding ortho intramolecular Hbond substituents is 1. The molecule has 0 saturated carbocycles. The first-order valence-electron chi connectivity index (χ1n) is 10.9. The summed E-state index contributed by atoms with van der Waals surface area (Å²) in [7, 11) is 0. The molecule has 1 aromatic heterocycles. The molecule has 31 heavy (non-hydrogen) atoms. The number of unbranched alkanes of at least 4 members (excludes halogenated alkanes) is 1. The van der Waals surface area contributed by atoms with Crippen molar-refractivity contribution in [3.05, 3.63) is 59.8 Å². The molecule has 2 aromatic carbocycles. The highest BCUT2D eigenvalue weighted by Gasteiger charge is 2.38. The number of H-pyrrole nitrogens is 1. The fraction of sp³-hybridized carbons (Fsp3) is 0.375. The number of carbonyl (C=O) groups is 1. The number of nitrogens with zero attached hydrogens (tertiary/aromatic N) is 1. The Hall–Kier alpha value is -3.03. The van der Waals surface area contributed by atoms with Crippen molar-refractivity contribution in [3.8, 4) is 11.5 Å². The second-order valence-electron chi connectivity index (χ2n) is 8.16. The van der Waals surface area contributed by atoms with E-state index in [1.165, 1.54) is 0 Å². The number of aromatic nitrogens is 1. The smallest absolute Gasteiger partial charge is 0.267 e. The highest BCUT2D eigenvalue weighted by molar-refractivity contribution is 5.97. The maximum absolute atomic E-state index is 12.4. The van der Waals surface area contributed by atoms with Gasteiger partial charge in [0.1, 0.15) is 29.9 Å². The van der Waals surface area contributed by atoms with E-state index in [-0.39, 0.29) is 23.8 Å². The minimum atomic E-state index is -0.0775. The van der Waals surface area contributed by atoms with Crippen molar-refractivity contribution in [2.75, 3.05) is 32.8 Å². The molecule has 162 valence electrons. The lowest BCUT2D eigenvalue weighted by Crippen LogP contribution is -2.52. The number of hydrogen-bond acceptors (Lipinski definition) is 5. The lowest BCUT2D eigenvalue weighted by Gasteiger charge is -2.44. The minimum Gasteiger partial charge on any atom is -0.508 e. The number of ether oxygens (including phenoxy) is 2. The fourth-order valence-electron chi connectivity index (χ4n) is 4.53. The second kappa shape index (κ2) is 8.61. The van der Waals surface area contributed by atoms with Crippen LogP contribution in [0.5, 0.6) is 11.5 Å². The number of benzene rings is 2. The summed E-state index contributed by atoms with van der Waals surface area (Å²) in [5.74, 6) is 0.953. The van der Waals surface area contributed by atoms with Gasteiger partial charge in [0.05, 0.1) is 12.6 Å². The Kier molecular flexibility index (Phi) is 5.53. The van der Waals surface area contributed by atoms with E-state index in [4.69, 9.17) is 9.47 Å². The van der Waals surface area contributed by atoms with Gasteiger partial charge in [0.2, 0.25) is 0 Å². The van der Waals surface area contributed by atoms with Crippen LogP contribution in [-0.4, -0.2) is 59.8 Å². The van der Waals surface area contributed by atoms with E-state index in [2.05, 4.69) is 15.2 Å². The summed E-state index contributed by atoms with van der Waals surface area (Å²) < 4.78 is 12.0. The Balaban J connectivity index is 1.11. The number of para-hydroxylation sites is 1. The zero-order valence-corrected chi connectivity index (χ0v) is 17.3. The zero-order valence-electron chi connectivity index (χ0n) is 17.3. The van der Waals surface area contributed by atoms with Crippen molar-refractivity contribution < 1.29 is 19.4 Å². The van der Waals surface area contributed by atoms with E-state index >= 15 is 0 Å². The van der Waals surface area contributed by atoms with Crippen molar-refractivity contribution in [2.24, 2.45) is 0 Å². The van der Waals surface area contributed by atoms with Gasteiger partial charge in [-0.15, -0.1) is 0 Å². The number of aromatic hydroxyl groups is 1. The Morgan fingerprint density at radius 1 is 1.19 bits per heavy atom. The average Bonchev–Trinajstić information content (AvgIpc) is 3.23. The van der Waals surface area contributed by atoms with Crippen LogP contribution in [0.3, 0.4) is 0 Å². The molecule has 1 saturated heterocycles. The van der Waals surface area contributed by atoms with Crippen molar-refractivity contribution in [2.45, 2.75) is 25.0 Å². The SMILES string of the molecule is O=C(NCCCCN1CCOC2c3cc(O)ccc3OCC21)c1cc2ccccc2[nH]1. The lowest BCUT2D eigenvalue weighted by atomic mass is 9.96. The van der Waals surface area contributed by atoms with Crippen molar-refractivity contribution in [3.63, 3.8) is 0 Å². The topological polar surface area (TPSA) is 86.8 Å². The number of phenols is 1. The van der Waals surface area contributed by atoms with E-state index in [1.54, 1.807) is 18.2 Å². The van der Waals surface area contributed by atoms with Crippen LogP contribution in [-0.2, 0) is 4.74 Å². The van der Waals surface area contributed by atoms with E-state index < -0.39 is 0 Å². The average molecular weight is 421 g/mol. The standard InChI is InChI=1S/C24H27N3O4/c28-17-7-8-22-18(14-17)23-21(15-31-22)27(11-12-30-23)10-4-3-9-25-24(29)20-13-16-5-1-2-6-19(16)26-20/h1-2,5-8,13-14,21,23,26,28H,3-4,9-12,15H2,(H,25,29). The van der Waals surface area contributed by atoms with Crippen LogP contribution in [0.1, 0.15) is 35.0 Å². The van der Waals surface area contributed by atoms with Crippen molar-refractivity contribution in [1.82, 2.24) is 15.2 Å². The maximum Gasteiger partial charge on any atom is 0.267 e. The number of aromatic amines is 1. The molecule has 0 bridgehead atoms. The molecule has 1 amide bonds. The molecule has 3 aromatic rings. The summed E-state index contributed by atoms with van der Waals surface area (Å²) in [5, 5.41) is 13.9. The molecule has 0 spiro atoms. The summed E-state index contributed by atoms with van der Waals surface area (Å²) in [6.45, 7) is 3.66. The Labute approximate surface area is 181 Å². The highest BCUT2D eigenvalue weighted by atomic mass is 16.5. The molecule has 1 fully saturated rings. The van der Waals surface area contributed by atoms with Gasteiger partial charge in [0, 0.05) is 29.6 Å². The minimum absolute atomic E-state index is 0.0697. The molecule has 2 unspecified atom stereocenters. The van der Waals surface area contributed by atoms with E-state index in [9.17, 15) is 9.90 Å². The number of nitrogens with one attached hydrogen (secondary N) is 2. The van der Waals surface area contributed by atoms with Crippen molar-refractivity contribution >= 4 is 16.8 Å². The predicted molar refractivity (Wildman–Crippen MR) is 118 cm³/mol. The van der Waals surface area contributed by atoms with Gasteiger partial charge in [0.25, 0.3) is 5.91 Å². The first-order chi connectivity index (χ1) is 15.2. The van der Waals surface area contributed by atoms with Crippen LogP contribution in [0.4, 0.5) is 0 Å². The Morgan fingerprint density at radius 2 is 2.10 bits per heavy atom. The van der Waals surface area contributed by atoms with Crippen LogP contribution in [0, 0.1) is 0 Å². The van der Waals surface area contributed by atoms with Crippen LogP contribution < -0.4 is 10.1 Å². The first-order valence-corrected chi connectivity index (χ1v) is 10.9. The summed E-state index contributed by atoms with van der Waals surface area (Å²) >= 11 is 0. The predicted octanol–water partition coefficient (Wildman–Crippen LogP) is 3.22. The Morgan fingerprint density at radius 3 is 3.00 bits per heavy atom. The molecule has 5 rings (SSSR count). The van der Waals surface area contributed by atoms with Crippen LogP contribution in [0.2, 0.25) is 0 Å². The molecular weight excluding hydrogens is 394 g/mol. The summed E-state index contributed by atoms with van der Waals surface area (Å²) in [6.07, 6.45) is 1.80. The number of rotatable bonds is 6. The second-order valence-corrected chi connectivity index (χ2v) is 8.16. The monoisotopic (exact) mass is 421 g/mol. The molecule has 3 heterocycles. The number of amides is 1. The third-order valence-electron chi connectivity index (χ3n) is 6.14. The molecule has 7 heteroatoms. The molecule has 7 nitrogen and oxygen atoms in total. The van der Waals surface area contributed by atoms with Crippen LogP contribution in [0.25, 0.3) is 10.9 Å². The maximum atomic E-state index is 12.4. The van der Waals surface area contributed by atoms with Gasteiger partial charge in [-0.1, -0.05) is 18.2 Å². The third kappa shape index (κ3) is 4.11. The number of morpholine rings is 1. The molecular formula is C24H27N3O4.